The number of aromatic nitrogens is 2. The van der Waals surface area contributed by atoms with Crippen LogP contribution in [0, 0.1) is 0 Å². The van der Waals surface area contributed by atoms with Crippen LogP contribution in [0.1, 0.15) is 5.82 Å². The molecule has 0 unspecified atom stereocenters. The summed E-state index contributed by atoms with van der Waals surface area (Å²) >= 11 is 11.8. The Bertz CT molecular complexity index is 723. The molecule has 9 heteroatoms. The molecule has 0 saturated carbocycles. The lowest BCUT2D eigenvalue weighted by molar-refractivity contribution is 0.296. The van der Waals surface area contributed by atoms with Crippen LogP contribution in [0.4, 0.5) is 0 Å². The molecule has 0 bridgehead atoms. The van der Waals surface area contributed by atoms with Crippen molar-refractivity contribution in [2.75, 3.05) is 0 Å². The summed E-state index contributed by atoms with van der Waals surface area (Å²) in [5, 5.41) is -0.225. The van der Waals surface area contributed by atoms with E-state index in [-0.39, 0.29) is 27.3 Å². The highest BCUT2D eigenvalue weighted by molar-refractivity contribution is 8.13. The van der Waals surface area contributed by atoms with Gasteiger partial charge in [0.1, 0.15) is 22.3 Å². The first-order chi connectivity index (χ1) is 9.39. The van der Waals surface area contributed by atoms with Gasteiger partial charge in [-0.05, 0) is 18.2 Å². The van der Waals surface area contributed by atoms with E-state index in [0.717, 1.165) is 0 Å². The van der Waals surface area contributed by atoms with Gasteiger partial charge < -0.3 is 4.74 Å². The van der Waals surface area contributed by atoms with E-state index in [9.17, 15) is 8.42 Å². The van der Waals surface area contributed by atoms with E-state index in [4.69, 9.17) is 38.6 Å². The number of ether oxygens (including phenoxy) is 1. The molecular formula is C11H7Cl3N2O3S. The highest BCUT2D eigenvalue weighted by Gasteiger charge is 2.19. The van der Waals surface area contributed by atoms with E-state index < -0.39 is 9.05 Å². The molecule has 0 atom stereocenters. The van der Waals surface area contributed by atoms with Crippen LogP contribution in [0.25, 0.3) is 0 Å². The minimum atomic E-state index is -3.96. The Morgan fingerprint density at radius 3 is 2.35 bits per heavy atom. The van der Waals surface area contributed by atoms with Crippen molar-refractivity contribution in [1.82, 2.24) is 9.97 Å². The third kappa shape index (κ3) is 3.52. The van der Waals surface area contributed by atoms with Gasteiger partial charge in [-0.2, -0.15) is 0 Å². The number of nitrogens with zero attached hydrogens (tertiary/aromatic N) is 2. The minimum absolute atomic E-state index is 0.0377. The van der Waals surface area contributed by atoms with Crippen LogP contribution in [-0.4, -0.2) is 18.4 Å². The monoisotopic (exact) mass is 352 g/mol. The lowest BCUT2D eigenvalue weighted by Crippen LogP contribution is -2.01. The average Bonchev–Trinajstić information content (AvgIpc) is 2.40. The molecule has 0 fully saturated rings. The molecule has 1 aromatic carbocycles. The predicted molar refractivity (Wildman–Crippen MR) is 75.9 cm³/mol. The maximum atomic E-state index is 11.3. The Labute approximate surface area is 129 Å². The topological polar surface area (TPSA) is 69.2 Å². The molecule has 20 heavy (non-hydrogen) atoms. The van der Waals surface area contributed by atoms with Gasteiger partial charge in [0.15, 0.2) is 5.82 Å². The molecular weight excluding hydrogens is 347 g/mol. The molecule has 0 saturated heterocycles. The highest BCUT2D eigenvalue weighted by Crippen LogP contribution is 2.38. The zero-order valence-electron chi connectivity index (χ0n) is 9.76. The van der Waals surface area contributed by atoms with Crippen LogP contribution in [-0.2, 0) is 15.7 Å². The summed E-state index contributed by atoms with van der Waals surface area (Å²) in [4.78, 5) is 7.68. The number of benzene rings is 1. The first-order valence-electron chi connectivity index (χ1n) is 5.21. The Hall–Kier alpha value is -1.08. The van der Waals surface area contributed by atoms with E-state index in [2.05, 4.69) is 9.97 Å². The quantitative estimate of drug-likeness (QED) is 0.789. The van der Waals surface area contributed by atoms with E-state index in [0.29, 0.717) is 5.82 Å². The normalized spacial score (nSPS) is 11.3. The molecule has 0 aliphatic rings. The smallest absolute Gasteiger partial charge is 0.262 e. The van der Waals surface area contributed by atoms with Crippen LogP contribution in [0.2, 0.25) is 10.0 Å². The summed E-state index contributed by atoms with van der Waals surface area (Å²) in [5.74, 6) is 0.668. The van der Waals surface area contributed by atoms with Gasteiger partial charge in [0.05, 0.1) is 5.02 Å². The summed E-state index contributed by atoms with van der Waals surface area (Å²) in [6.07, 6.45) is 3.15. The standard InChI is InChI=1S/C11H7Cl3N2O3S/c12-10-7(19-6-9-15-4-1-5-16-9)2-3-8(11(10)13)20(14,17)18/h1-5H,6H2. The molecule has 5 nitrogen and oxygen atoms in total. The minimum Gasteiger partial charge on any atom is -0.484 e. The Balaban J connectivity index is 2.25. The Kier molecular flexibility index (Phi) is 4.70. The van der Waals surface area contributed by atoms with Crippen molar-refractivity contribution in [3.05, 3.63) is 46.5 Å². The molecule has 0 spiro atoms. The summed E-state index contributed by atoms with van der Waals surface area (Å²) in [5.41, 5.74) is 0. The van der Waals surface area contributed by atoms with Gasteiger partial charge in [0.2, 0.25) is 0 Å². The van der Waals surface area contributed by atoms with E-state index in [1.165, 1.54) is 12.1 Å². The van der Waals surface area contributed by atoms with Crippen molar-refractivity contribution < 1.29 is 13.2 Å². The van der Waals surface area contributed by atoms with Gasteiger partial charge in [-0.1, -0.05) is 23.2 Å². The van der Waals surface area contributed by atoms with Crippen LogP contribution >= 0.6 is 33.9 Å². The summed E-state index contributed by atoms with van der Waals surface area (Å²) in [6, 6.07) is 4.26. The van der Waals surface area contributed by atoms with Crippen molar-refractivity contribution in [3.63, 3.8) is 0 Å². The molecule has 106 valence electrons. The SMILES string of the molecule is O=S(=O)(Cl)c1ccc(OCc2ncccn2)c(Cl)c1Cl. The molecule has 0 N–H and O–H groups in total. The third-order valence-corrected chi connectivity index (χ3v) is 4.59. The number of hydrogen-bond donors (Lipinski definition) is 0. The largest absolute Gasteiger partial charge is 0.484 e. The molecule has 1 aromatic heterocycles. The van der Waals surface area contributed by atoms with Crippen molar-refractivity contribution in [2.24, 2.45) is 0 Å². The van der Waals surface area contributed by atoms with Gasteiger partial charge in [-0.3, -0.25) is 0 Å². The molecule has 1 heterocycles. The number of hydrogen-bond acceptors (Lipinski definition) is 5. The zero-order valence-corrected chi connectivity index (χ0v) is 12.8. The highest BCUT2D eigenvalue weighted by atomic mass is 35.7. The van der Waals surface area contributed by atoms with Crippen LogP contribution in [0.15, 0.2) is 35.5 Å². The van der Waals surface area contributed by atoms with Crippen molar-refractivity contribution in [2.45, 2.75) is 11.5 Å². The molecule has 0 aliphatic heterocycles. The van der Waals surface area contributed by atoms with Gasteiger partial charge >= 0.3 is 0 Å². The van der Waals surface area contributed by atoms with Gasteiger partial charge in [-0.25, -0.2) is 18.4 Å². The van der Waals surface area contributed by atoms with Crippen molar-refractivity contribution in [1.29, 1.82) is 0 Å². The maximum Gasteiger partial charge on any atom is 0.262 e. The first kappa shape index (κ1) is 15.3. The summed E-state index contributed by atoms with van der Waals surface area (Å²) in [7, 11) is 1.27. The second-order valence-corrected chi connectivity index (χ2v) is 6.87. The molecule has 2 rings (SSSR count). The number of halogens is 3. The summed E-state index contributed by atoms with van der Waals surface area (Å²) in [6.45, 7) is 0.0733. The van der Waals surface area contributed by atoms with Crippen LogP contribution in [0.5, 0.6) is 5.75 Å². The molecule has 0 radical (unpaired) electrons. The number of rotatable bonds is 4. The van der Waals surface area contributed by atoms with Gasteiger partial charge in [0, 0.05) is 23.1 Å². The van der Waals surface area contributed by atoms with Gasteiger partial charge in [-0.15, -0.1) is 0 Å². The first-order valence-corrected chi connectivity index (χ1v) is 8.27. The molecule has 0 amide bonds. The maximum absolute atomic E-state index is 11.3. The predicted octanol–water partition coefficient (Wildman–Crippen LogP) is 3.29. The second-order valence-electron chi connectivity index (χ2n) is 3.58. The summed E-state index contributed by atoms with van der Waals surface area (Å²) < 4.78 is 27.9. The molecule has 2 aromatic rings. The Morgan fingerprint density at radius 2 is 1.75 bits per heavy atom. The fourth-order valence-electron chi connectivity index (χ4n) is 1.36. The van der Waals surface area contributed by atoms with Gasteiger partial charge in [0.25, 0.3) is 9.05 Å². The van der Waals surface area contributed by atoms with E-state index in [1.807, 2.05) is 0 Å². The fourth-order valence-corrected chi connectivity index (χ4v) is 3.15. The van der Waals surface area contributed by atoms with Crippen LogP contribution in [0.3, 0.4) is 0 Å². The van der Waals surface area contributed by atoms with Crippen molar-refractivity contribution >= 4 is 42.9 Å². The zero-order chi connectivity index (χ0) is 14.8. The Morgan fingerprint density at radius 1 is 1.10 bits per heavy atom. The van der Waals surface area contributed by atoms with E-state index >= 15 is 0 Å². The van der Waals surface area contributed by atoms with E-state index in [1.54, 1.807) is 18.5 Å². The third-order valence-electron chi connectivity index (χ3n) is 2.25. The lowest BCUT2D eigenvalue weighted by atomic mass is 10.3. The second kappa shape index (κ2) is 6.13. The van der Waals surface area contributed by atoms with Crippen molar-refractivity contribution in [3.8, 4) is 5.75 Å². The lowest BCUT2D eigenvalue weighted by Gasteiger charge is -2.10. The fraction of sp³-hybridized carbons (Fsp3) is 0.0909. The van der Waals surface area contributed by atoms with Crippen LogP contribution < -0.4 is 4.74 Å². The average molecular weight is 354 g/mol. The molecule has 0 aliphatic carbocycles.